The molecule has 6 heteroatoms. The van der Waals surface area contributed by atoms with Gasteiger partial charge in [0, 0.05) is 63.7 Å². The fourth-order valence-corrected chi connectivity index (χ4v) is 5.28. The minimum atomic E-state index is 0.0511. The maximum absolute atomic E-state index is 8.57. The minimum absolute atomic E-state index is 0.0511. The molecular formula is C32H53N5O. The predicted molar refractivity (Wildman–Crippen MR) is 164 cm³/mol. The zero-order chi connectivity index (χ0) is 28.4. The molecule has 0 saturated carbocycles. The number of aliphatic imine (C=N–C) groups is 1. The summed E-state index contributed by atoms with van der Waals surface area (Å²) in [6.45, 7) is 17.0. The lowest BCUT2D eigenvalue weighted by Crippen LogP contribution is -2.40. The number of amidine groups is 1. The zero-order valence-electron chi connectivity index (χ0n) is 25.9. The molecule has 1 heterocycles. The summed E-state index contributed by atoms with van der Waals surface area (Å²) < 4.78 is 6.63. The first kappa shape index (κ1) is 31.8. The Balaban J connectivity index is 2.49. The molecule has 38 heavy (non-hydrogen) atoms. The van der Waals surface area contributed by atoms with Crippen molar-refractivity contribution in [2.45, 2.75) is 73.3 Å². The average molecular weight is 524 g/mol. The van der Waals surface area contributed by atoms with Crippen LogP contribution in [0.25, 0.3) is 0 Å². The van der Waals surface area contributed by atoms with Crippen molar-refractivity contribution in [3.8, 4) is 0 Å². The summed E-state index contributed by atoms with van der Waals surface area (Å²) in [5, 5.41) is 8.57. The van der Waals surface area contributed by atoms with E-state index >= 15 is 0 Å². The van der Waals surface area contributed by atoms with Crippen molar-refractivity contribution < 1.29 is 4.74 Å². The lowest BCUT2D eigenvalue weighted by Gasteiger charge is -2.37. The van der Waals surface area contributed by atoms with Crippen LogP contribution < -0.4 is 0 Å². The normalized spacial score (nSPS) is 17.1. The Morgan fingerprint density at radius 3 is 2.39 bits per heavy atom. The number of ether oxygens (including phenoxy) is 1. The van der Waals surface area contributed by atoms with Crippen LogP contribution in [0.2, 0.25) is 0 Å². The lowest BCUT2D eigenvalue weighted by molar-refractivity contribution is 0.0508. The summed E-state index contributed by atoms with van der Waals surface area (Å²) in [4.78, 5) is 11.7. The minimum Gasteiger partial charge on any atom is -0.378 e. The van der Waals surface area contributed by atoms with Gasteiger partial charge in [0.25, 0.3) is 0 Å². The predicted octanol–water partition coefficient (Wildman–Crippen LogP) is 6.27. The number of rotatable bonds is 13. The lowest BCUT2D eigenvalue weighted by atomic mass is 9.91. The van der Waals surface area contributed by atoms with Gasteiger partial charge >= 0.3 is 0 Å². The van der Waals surface area contributed by atoms with E-state index in [-0.39, 0.29) is 6.10 Å². The average Bonchev–Trinajstić information content (AvgIpc) is 2.90. The third-order valence-electron chi connectivity index (χ3n) is 7.80. The SMILES string of the molecule is CCCCN(C/C(C)=C(\C)C(=N)CN(C)C)C(=NC)C1=C(N(C)CC)CC(c2cccc(C)c2CC)OC1. The third-order valence-corrected chi connectivity index (χ3v) is 7.80. The van der Waals surface area contributed by atoms with E-state index in [0.29, 0.717) is 18.9 Å². The topological polar surface area (TPSA) is 55.2 Å². The van der Waals surface area contributed by atoms with Crippen LogP contribution in [0.3, 0.4) is 0 Å². The highest BCUT2D eigenvalue weighted by molar-refractivity contribution is 6.01. The van der Waals surface area contributed by atoms with Crippen molar-refractivity contribution >= 4 is 11.5 Å². The van der Waals surface area contributed by atoms with Gasteiger partial charge in [-0.25, -0.2) is 0 Å². The van der Waals surface area contributed by atoms with E-state index < -0.39 is 0 Å². The molecule has 1 aromatic rings. The molecule has 1 unspecified atom stereocenters. The number of nitrogens with zero attached hydrogens (tertiary/aromatic N) is 4. The Kier molecular flexibility index (Phi) is 12.7. The largest absolute Gasteiger partial charge is 0.378 e. The highest BCUT2D eigenvalue weighted by Crippen LogP contribution is 2.36. The van der Waals surface area contributed by atoms with Crippen molar-refractivity contribution in [1.29, 1.82) is 5.41 Å². The molecule has 0 spiro atoms. The molecule has 212 valence electrons. The van der Waals surface area contributed by atoms with E-state index in [1.807, 2.05) is 21.1 Å². The van der Waals surface area contributed by atoms with Gasteiger partial charge in [-0.15, -0.1) is 0 Å². The first-order chi connectivity index (χ1) is 18.1. The van der Waals surface area contributed by atoms with Gasteiger partial charge in [-0.1, -0.05) is 38.5 Å². The Hall–Kier alpha value is -2.44. The van der Waals surface area contributed by atoms with E-state index in [1.165, 1.54) is 33.5 Å². The van der Waals surface area contributed by atoms with E-state index in [9.17, 15) is 0 Å². The quantitative estimate of drug-likeness (QED) is 0.244. The molecule has 0 saturated heterocycles. The zero-order valence-corrected chi connectivity index (χ0v) is 25.9. The van der Waals surface area contributed by atoms with Gasteiger partial charge < -0.3 is 24.8 Å². The van der Waals surface area contributed by atoms with Crippen LogP contribution in [-0.2, 0) is 11.2 Å². The fraction of sp³-hybridized carbons (Fsp3) is 0.625. The number of nitrogens with one attached hydrogen (secondary N) is 1. The van der Waals surface area contributed by atoms with Crippen LogP contribution in [0.5, 0.6) is 0 Å². The molecule has 0 aliphatic carbocycles. The van der Waals surface area contributed by atoms with Crippen LogP contribution in [-0.4, -0.2) is 87.2 Å². The fourth-order valence-electron chi connectivity index (χ4n) is 5.28. The van der Waals surface area contributed by atoms with Crippen LogP contribution in [0.1, 0.15) is 76.7 Å². The molecule has 2 rings (SSSR count). The molecule has 1 aliphatic heterocycles. The number of aryl methyl sites for hydroxylation is 1. The van der Waals surface area contributed by atoms with Crippen LogP contribution in [0.4, 0.5) is 0 Å². The number of hydrogen-bond donors (Lipinski definition) is 1. The molecule has 0 radical (unpaired) electrons. The van der Waals surface area contributed by atoms with Crippen molar-refractivity contribution in [1.82, 2.24) is 14.7 Å². The van der Waals surface area contributed by atoms with Gasteiger partial charge in [0.1, 0.15) is 5.84 Å². The van der Waals surface area contributed by atoms with Crippen LogP contribution in [0.15, 0.2) is 45.6 Å². The molecule has 0 amide bonds. The summed E-state index contributed by atoms with van der Waals surface area (Å²) in [6, 6.07) is 6.61. The highest BCUT2D eigenvalue weighted by atomic mass is 16.5. The van der Waals surface area contributed by atoms with Gasteiger partial charge in [0.05, 0.1) is 12.7 Å². The molecule has 0 fully saturated rings. The Morgan fingerprint density at radius 2 is 1.82 bits per heavy atom. The van der Waals surface area contributed by atoms with Crippen molar-refractivity contribution in [2.24, 2.45) is 4.99 Å². The molecule has 1 atom stereocenters. The monoisotopic (exact) mass is 523 g/mol. The first-order valence-corrected chi connectivity index (χ1v) is 14.3. The van der Waals surface area contributed by atoms with Gasteiger partial charge in [0.15, 0.2) is 0 Å². The van der Waals surface area contributed by atoms with E-state index in [0.717, 1.165) is 56.7 Å². The molecule has 1 aromatic carbocycles. The van der Waals surface area contributed by atoms with Gasteiger partial charge in [-0.3, -0.25) is 4.99 Å². The number of hydrogen-bond acceptors (Lipinski definition) is 5. The number of benzene rings is 1. The van der Waals surface area contributed by atoms with E-state index in [1.54, 1.807) is 0 Å². The van der Waals surface area contributed by atoms with Crippen molar-refractivity contribution in [3.05, 3.63) is 57.3 Å². The van der Waals surface area contributed by atoms with Crippen LogP contribution >= 0.6 is 0 Å². The Labute approximate surface area is 233 Å². The summed E-state index contributed by atoms with van der Waals surface area (Å²) in [5.74, 6) is 1.03. The second-order valence-corrected chi connectivity index (χ2v) is 10.9. The molecular weight excluding hydrogens is 470 g/mol. The van der Waals surface area contributed by atoms with Crippen molar-refractivity contribution in [2.75, 3.05) is 61.0 Å². The third kappa shape index (κ3) is 8.03. The summed E-state index contributed by atoms with van der Waals surface area (Å²) >= 11 is 0. The Morgan fingerprint density at radius 1 is 1.11 bits per heavy atom. The van der Waals surface area contributed by atoms with E-state index in [4.69, 9.17) is 15.1 Å². The molecule has 1 N–H and O–H groups in total. The maximum Gasteiger partial charge on any atom is 0.130 e. The highest BCUT2D eigenvalue weighted by Gasteiger charge is 2.30. The van der Waals surface area contributed by atoms with Gasteiger partial charge in [-0.05, 0) is 82.5 Å². The van der Waals surface area contributed by atoms with Crippen LogP contribution in [0, 0.1) is 12.3 Å². The van der Waals surface area contributed by atoms with E-state index in [2.05, 4.69) is 81.5 Å². The summed E-state index contributed by atoms with van der Waals surface area (Å²) in [5.41, 5.74) is 9.57. The molecule has 6 nitrogen and oxygen atoms in total. The summed E-state index contributed by atoms with van der Waals surface area (Å²) in [6.07, 6.45) is 4.13. The van der Waals surface area contributed by atoms with Gasteiger partial charge in [-0.2, -0.15) is 0 Å². The first-order valence-electron chi connectivity index (χ1n) is 14.3. The molecule has 0 bridgehead atoms. The smallest absolute Gasteiger partial charge is 0.130 e. The number of unbranched alkanes of at least 4 members (excludes halogenated alkanes) is 1. The standard InChI is InChI=1S/C32H53N5O/c1-11-14-18-37(20-24(5)25(6)29(33)21-35(8)9)32(34-7)28-22-38-31(19-30(28)36(10)13-3)27-17-15-16-23(4)26(27)12-2/h15-17,31,33H,11-14,18-22H2,1-10H3/b25-24+,33-29?,34-32?. The molecule has 1 aliphatic rings. The van der Waals surface area contributed by atoms with Gasteiger partial charge in [0.2, 0.25) is 0 Å². The van der Waals surface area contributed by atoms with Crippen molar-refractivity contribution in [3.63, 3.8) is 0 Å². The Bertz CT molecular complexity index is 1040. The molecule has 0 aromatic heterocycles. The second-order valence-electron chi connectivity index (χ2n) is 10.9. The maximum atomic E-state index is 8.57. The summed E-state index contributed by atoms with van der Waals surface area (Å²) in [7, 11) is 8.13. The second kappa shape index (κ2) is 15.2.